The third-order valence-electron chi connectivity index (χ3n) is 4.43. The lowest BCUT2D eigenvalue weighted by Crippen LogP contribution is -2.51. The molecule has 1 aliphatic carbocycles. The number of nitrogen functional groups attached to an aromatic ring is 1. The van der Waals surface area contributed by atoms with Crippen LogP contribution in [0.2, 0.25) is 0 Å². The van der Waals surface area contributed by atoms with Crippen LogP contribution in [0.25, 0.3) is 11.4 Å². The third kappa shape index (κ3) is 2.24. The average Bonchev–Trinajstić information content (AvgIpc) is 2.89. The quantitative estimate of drug-likeness (QED) is 0.860. The van der Waals surface area contributed by atoms with Crippen molar-refractivity contribution in [2.45, 2.75) is 32.4 Å². The number of hydrogen-bond donors (Lipinski definition) is 1. The molecule has 2 atom stereocenters. The second kappa shape index (κ2) is 5.06. The van der Waals surface area contributed by atoms with Crippen molar-refractivity contribution in [3.63, 3.8) is 0 Å². The van der Waals surface area contributed by atoms with Gasteiger partial charge < -0.3 is 10.5 Å². The van der Waals surface area contributed by atoms with Crippen LogP contribution < -0.4 is 5.73 Å². The summed E-state index contributed by atoms with van der Waals surface area (Å²) in [7, 11) is 1.75. The molecule has 112 valence electrons. The van der Waals surface area contributed by atoms with E-state index in [0.717, 1.165) is 22.3 Å². The van der Waals surface area contributed by atoms with Crippen molar-refractivity contribution in [3.8, 4) is 11.4 Å². The van der Waals surface area contributed by atoms with Crippen LogP contribution in [0.15, 0.2) is 22.7 Å². The first-order chi connectivity index (χ1) is 9.95. The molecule has 1 aliphatic rings. The van der Waals surface area contributed by atoms with Crippen LogP contribution in [0.5, 0.6) is 0 Å². The largest absolute Gasteiger partial charge is 0.399 e. The van der Waals surface area contributed by atoms with Crippen LogP contribution in [0.3, 0.4) is 0 Å². The number of tetrazole rings is 1. The fourth-order valence-electron chi connectivity index (χ4n) is 2.97. The second-order valence-electron chi connectivity index (χ2n) is 5.98. The van der Waals surface area contributed by atoms with Gasteiger partial charge in [0.25, 0.3) is 0 Å². The number of nitrogens with zero attached hydrogens (tertiary/aromatic N) is 4. The van der Waals surface area contributed by atoms with Crippen LogP contribution >= 0.6 is 15.9 Å². The highest BCUT2D eigenvalue weighted by atomic mass is 79.9. The Morgan fingerprint density at radius 3 is 2.86 bits per heavy atom. The van der Waals surface area contributed by atoms with Crippen molar-refractivity contribution >= 4 is 21.6 Å². The van der Waals surface area contributed by atoms with Gasteiger partial charge in [-0.25, -0.2) is 4.68 Å². The first kappa shape index (κ1) is 14.5. The smallest absolute Gasteiger partial charge is 0.183 e. The lowest BCUT2D eigenvalue weighted by Gasteiger charge is -2.50. The van der Waals surface area contributed by atoms with E-state index in [9.17, 15) is 0 Å². The second-order valence-corrected chi connectivity index (χ2v) is 6.84. The molecule has 0 radical (unpaired) electrons. The van der Waals surface area contributed by atoms with E-state index in [2.05, 4.69) is 45.3 Å². The average molecular weight is 352 g/mol. The minimum Gasteiger partial charge on any atom is -0.399 e. The number of anilines is 1. The van der Waals surface area contributed by atoms with Gasteiger partial charge in [-0.05, 0) is 35.0 Å². The minimum absolute atomic E-state index is 0.00825. The van der Waals surface area contributed by atoms with E-state index in [0.29, 0.717) is 5.69 Å². The summed E-state index contributed by atoms with van der Waals surface area (Å²) in [6.45, 7) is 4.35. The van der Waals surface area contributed by atoms with Crippen molar-refractivity contribution < 1.29 is 4.74 Å². The molecule has 0 saturated heterocycles. The number of methoxy groups -OCH3 is 1. The van der Waals surface area contributed by atoms with Gasteiger partial charge >= 0.3 is 0 Å². The lowest BCUT2D eigenvalue weighted by atomic mass is 9.64. The van der Waals surface area contributed by atoms with Gasteiger partial charge in [0.15, 0.2) is 5.82 Å². The van der Waals surface area contributed by atoms with Crippen molar-refractivity contribution in [2.24, 2.45) is 5.41 Å². The molecule has 1 aromatic heterocycles. The molecule has 0 bridgehead atoms. The van der Waals surface area contributed by atoms with Crippen LogP contribution in [0.4, 0.5) is 5.69 Å². The standard InChI is InChI=1S/C14H18BrN5O/c1-14(2)11(7-12(14)21-3)20-13(17-18-19-20)9-6-8(16)4-5-10(9)15/h4-6,11-12H,7,16H2,1-3H3. The molecular weight excluding hydrogens is 334 g/mol. The summed E-state index contributed by atoms with van der Waals surface area (Å²) >= 11 is 3.54. The van der Waals surface area contributed by atoms with E-state index in [-0.39, 0.29) is 17.6 Å². The lowest BCUT2D eigenvalue weighted by molar-refractivity contribution is -0.116. The molecule has 2 unspecified atom stereocenters. The maximum atomic E-state index is 5.88. The van der Waals surface area contributed by atoms with Crippen molar-refractivity contribution in [2.75, 3.05) is 12.8 Å². The number of rotatable bonds is 3. The van der Waals surface area contributed by atoms with Gasteiger partial charge in [-0.2, -0.15) is 0 Å². The highest BCUT2D eigenvalue weighted by molar-refractivity contribution is 9.10. The van der Waals surface area contributed by atoms with Crippen LogP contribution in [0, 0.1) is 5.41 Å². The molecule has 1 saturated carbocycles. The summed E-state index contributed by atoms with van der Waals surface area (Å²) in [5.74, 6) is 0.724. The predicted octanol–water partition coefficient (Wildman–Crippen LogP) is 2.67. The summed E-state index contributed by atoms with van der Waals surface area (Å²) in [6, 6.07) is 5.84. The summed E-state index contributed by atoms with van der Waals surface area (Å²) in [6.07, 6.45) is 1.13. The Bertz CT molecular complexity index is 669. The summed E-state index contributed by atoms with van der Waals surface area (Å²) in [5, 5.41) is 12.2. The highest BCUT2D eigenvalue weighted by Gasteiger charge is 2.51. The molecule has 21 heavy (non-hydrogen) atoms. The molecule has 2 aromatic rings. The molecule has 1 fully saturated rings. The van der Waals surface area contributed by atoms with E-state index < -0.39 is 0 Å². The maximum Gasteiger partial charge on any atom is 0.183 e. The van der Waals surface area contributed by atoms with Gasteiger partial charge in [0.2, 0.25) is 0 Å². The first-order valence-electron chi connectivity index (χ1n) is 6.81. The zero-order valence-electron chi connectivity index (χ0n) is 12.2. The normalized spacial score (nSPS) is 23.8. The van der Waals surface area contributed by atoms with Gasteiger partial charge in [-0.1, -0.05) is 29.8 Å². The number of nitrogens with two attached hydrogens (primary N) is 1. The molecule has 1 heterocycles. The fraction of sp³-hybridized carbons (Fsp3) is 0.500. The third-order valence-corrected chi connectivity index (χ3v) is 5.12. The Morgan fingerprint density at radius 2 is 2.19 bits per heavy atom. The van der Waals surface area contributed by atoms with Gasteiger partial charge in [0.1, 0.15) is 0 Å². The highest BCUT2D eigenvalue weighted by Crippen LogP contribution is 2.51. The monoisotopic (exact) mass is 351 g/mol. The van der Waals surface area contributed by atoms with Crippen LogP contribution in [-0.2, 0) is 4.74 Å². The Kier molecular flexibility index (Phi) is 3.49. The summed E-state index contributed by atoms with van der Waals surface area (Å²) in [4.78, 5) is 0. The SMILES string of the molecule is COC1CC(n2nnnc2-c2cc(N)ccc2Br)C1(C)C. The van der Waals surface area contributed by atoms with Gasteiger partial charge in [-0.15, -0.1) is 5.10 Å². The Morgan fingerprint density at radius 1 is 1.43 bits per heavy atom. The molecule has 3 rings (SSSR count). The molecular formula is C14H18BrN5O. The van der Waals surface area contributed by atoms with Crippen LogP contribution in [0.1, 0.15) is 26.3 Å². The predicted molar refractivity (Wildman–Crippen MR) is 83.6 cm³/mol. The number of ether oxygens (including phenoxy) is 1. The molecule has 6 nitrogen and oxygen atoms in total. The Labute approximate surface area is 131 Å². The zero-order chi connectivity index (χ0) is 15.2. The van der Waals surface area contributed by atoms with E-state index in [4.69, 9.17) is 10.5 Å². The van der Waals surface area contributed by atoms with Crippen molar-refractivity contribution in [1.82, 2.24) is 20.2 Å². The summed E-state index contributed by atoms with van der Waals surface area (Å²) < 4.78 is 8.32. The molecule has 2 N–H and O–H groups in total. The Hall–Kier alpha value is -1.47. The van der Waals surface area contributed by atoms with E-state index >= 15 is 0 Å². The van der Waals surface area contributed by atoms with Gasteiger partial charge in [0, 0.05) is 28.2 Å². The number of hydrogen-bond acceptors (Lipinski definition) is 5. The van der Waals surface area contributed by atoms with E-state index in [1.807, 2.05) is 22.9 Å². The molecule has 0 spiro atoms. The molecule has 0 amide bonds. The zero-order valence-corrected chi connectivity index (χ0v) is 13.8. The number of benzene rings is 1. The fourth-order valence-corrected chi connectivity index (χ4v) is 3.40. The Balaban J connectivity index is 2.01. The molecule has 1 aromatic carbocycles. The van der Waals surface area contributed by atoms with Gasteiger partial charge in [-0.3, -0.25) is 0 Å². The van der Waals surface area contributed by atoms with Gasteiger partial charge in [0.05, 0.1) is 12.1 Å². The van der Waals surface area contributed by atoms with E-state index in [1.54, 1.807) is 7.11 Å². The number of halogens is 1. The maximum absolute atomic E-state index is 5.88. The first-order valence-corrected chi connectivity index (χ1v) is 7.60. The van der Waals surface area contributed by atoms with Crippen LogP contribution in [-0.4, -0.2) is 33.4 Å². The summed E-state index contributed by atoms with van der Waals surface area (Å²) in [5.41, 5.74) is 7.46. The number of aromatic nitrogens is 4. The topological polar surface area (TPSA) is 78.8 Å². The van der Waals surface area contributed by atoms with Crippen molar-refractivity contribution in [1.29, 1.82) is 0 Å². The molecule has 7 heteroatoms. The van der Waals surface area contributed by atoms with E-state index in [1.165, 1.54) is 0 Å². The molecule has 0 aliphatic heterocycles. The van der Waals surface area contributed by atoms with Crippen molar-refractivity contribution in [3.05, 3.63) is 22.7 Å². The minimum atomic E-state index is -0.00825.